The number of hydrazine groups is 1. The van der Waals surface area contributed by atoms with Crippen LogP contribution in [0.2, 0.25) is 0 Å². The quantitative estimate of drug-likeness (QED) is 0.345. The van der Waals surface area contributed by atoms with Gasteiger partial charge in [0.25, 0.3) is 0 Å². The van der Waals surface area contributed by atoms with Crippen molar-refractivity contribution in [3.63, 3.8) is 0 Å². The SMILES string of the molecule is NNCc1cnc2nc(N)nc(N)c2n1. The number of hydrogen-bond donors (Lipinski definition) is 4. The third-order valence-corrected chi connectivity index (χ3v) is 1.78. The van der Waals surface area contributed by atoms with E-state index in [2.05, 4.69) is 25.4 Å². The molecule has 0 aliphatic rings. The van der Waals surface area contributed by atoms with Crippen LogP contribution in [0.5, 0.6) is 0 Å². The molecule has 2 aromatic heterocycles. The molecule has 78 valence electrons. The zero-order valence-electron chi connectivity index (χ0n) is 7.81. The highest BCUT2D eigenvalue weighted by molar-refractivity contribution is 5.81. The van der Waals surface area contributed by atoms with Crippen LogP contribution < -0.4 is 22.7 Å². The van der Waals surface area contributed by atoms with Crippen LogP contribution in [0, 0.1) is 0 Å². The van der Waals surface area contributed by atoms with E-state index in [1.807, 2.05) is 0 Å². The second-order valence-electron chi connectivity index (χ2n) is 2.88. The van der Waals surface area contributed by atoms with Crippen molar-refractivity contribution < 1.29 is 0 Å². The number of rotatable bonds is 2. The number of aromatic nitrogens is 4. The number of nitrogens with zero attached hydrogens (tertiary/aromatic N) is 4. The largest absolute Gasteiger partial charge is 0.382 e. The van der Waals surface area contributed by atoms with Gasteiger partial charge in [-0.15, -0.1) is 0 Å². The third-order valence-electron chi connectivity index (χ3n) is 1.78. The van der Waals surface area contributed by atoms with Crippen molar-refractivity contribution in [2.24, 2.45) is 5.84 Å². The molecular formula is C7H10N8. The van der Waals surface area contributed by atoms with Gasteiger partial charge >= 0.3 is 0 Å². The summed E-state index contributed by atoms with van der Waals surface area (Å²) in [5, 5.41) is 0. The smallest absolute Gasteiger partial charge is 0.224 e. The van der Waals surface area contributed by atoms with E-state index in [-0.39, 0.29) is 11.8 Å². The number of nitrogens with two attached hydrogens (primary N) is 3. The average molecular weight is 206 g/mol. The molecule has 2 heterocycles. The maximum atomic E-state index is 5.64. The topological polar surface area (TPSA) is 142 Å². The minimum atomic E-state index is 0.0824. The summed E-state index contributed by atoms with van der Waals surface area (Å²) < 4.78 is 0. The fourth-order valence-electron chi connectivity index (χ4n) is 1.17. The predicted molar refractivity (Wildman–Crippen MR) is 55.0 cm³/mol. The Morgan fingerprint density at radius 3 is 2.73 bits per heavy atom. The van der Waals surface area contributed by atoms with E-state index in [9.17, 15) is 0 Å². The van der Waals surface area contributed by atoms with Crippen molar-refractivity contribution in [2.75, 3.05) is 11.5 Å². The summed E-state index contributed by atoms with van der Waals surface area (Å²) in [7, 11) is 0. The van der Waals surface area contributed by atoms with Crippen molar-refractivity contribution >= 4 is 22.9 Å². The first-order valence-electron chi connectivity index (χ1n) is 4.19. The first kappa shape index (κ1) is 9.49. The van der Waals surface area contributed by atoms with Gasteiger partial charge < -0.3 is 11.5 Å². The van der Waals surface area contributed by atoms with Crippen molar-refractivity contribution in [1.82, 2.24) is 25.4 Å². The summed E-state index contributed by atoms with van der Waals surface area (Å²) in [5.74, 6) is 5.46. The second kappa shape index (κ2) is 3.59. The average Bonchev–Trinajstić information content (AvgIpc) is 2.19. The van der Waals surface area contributed by atoms with E-state index in [0.717, 1.165) is 0 Å². The highest BCUT2D eigenvalue weighted by Crippen LogP contribution is 2.14. The van der Waals surface area contributed by atoms with Crippen LogP contribution >= 0.6 is 0 Å². The van der Waals surface area contributed by atoms with Crippen molar-refractivity contribution in [2.45, 2.75) is 6.54 Å². The number of hydrogen-bond acceptors (Lipinski definition) is 8. The summed E-state index contributed by atoms with van der Waals surface area (Å²) in [6, 6.07) is 0. The standard InChI is InChI=1S/C7H10N8/c8-5-4-6(15-7(9)14-5)11-1-3(13-4)2-12-10/h1,12H,2,10H2,(H4,8,9,11,14,15). The lowest BCUT2D eigenvalue weighted by Crippen LogP contribution is -2.21. The van der Waals surface area contributed by atoms with Gasteiger partial charge in [-0.25, -0.2) is 9.97 Å². The molecule has 0 spiro atoms. The molecule has 0 unspecified atom stereocenters. The number of nitrogens with one attached hydrogen (secondary N) is 1. The Balaban J connectivity index is 2.60. The van der Waals surface area contributed by atoms with E-state index in [4.69, 9.17) is 17.3 Å². The summed E-state index contributed by atoms with van der Waals surface area (Å²) in [5.41, 5.74) is 15.0. The van der Waals surface area contributed by atoms with Gasteiger partial charge in [-0.05, 0) is 0 Å². The zero-order chi connectivity index (χ0) is 10.8. The lowest BCUT2D eigenvalue weighted by molar-refractivity contribution is 0.722. The summed E-state index contributed by atoms with van der Waals surface area (Å²) in [6.07, 6.45) is 1.55. The normalized spacial score (nSPS) is 10.7. The van der Waals surface area contributed by atoms with Crippen molar-refractivity contribution in [3.8, 4) is 0 Å². The summed E-state index contributed by atoms with van der Waals surface area (Å²) in [6.45, 7) is 0.396. The van der Waals surface area contributed by atoms with Crippen LogP contribution in [0.25, 0.3) is 11.2 Å². The second-order valence-corrected chi connectivity index (χ2v) is 2.88. The van der Waals surface area contributed by atoms with Crippen molar-refractivity contribution in [1.29, 1.82) is 0 Å². The molecule has 2 aromatic rings. The molecule has 2 rings (SSSR count). The maximum Gasteiger partial charge on any atom is 0.224 e. The molecule has 0 radical (unpaired) electrons. The highest BCUT2D eigenvalue weighted by atomic mass is 15.2. The molecule has 0 aromatic carbocycles. The van der Waals surface area contributed by atoms with E-state index in [1.165, 1.54) is 0 Å². The van der Waals surface area contributed by atoms with Gasteiger partial charge in [0.2, 0.25) is 5.95 Å². The minimum Gasteiger partial charge on any atom is -0.382 e. The summed E-state index contributed by atoms with van der Waals surface area (Å²) in [4.78, 5) is 15.9. The van der Waals surface area contributed by atoms with Crippen molar-refractivity contribution in [3.05, 3.63) is 11.9 Å². The molecule has 0 saturated heterocycles. The van der Waals surface area contributed by atoms with Gasteiger partial charge in [0, 0.05) is 0 Å². The molecule has 8 heteroatoms. The molecule has 8 nitrogen and oxygen atoms in total. The molecule has 0 aliphatic heterocycles. The first-order valence-corrected chi connectivity index (χ1v) is 4.19. The number of fused-ring (bicyclic) bond motifs is 1. The highest BCUT2D eigenvalue weighted by Gasteiger charge is 2.06. The van der Waals surface area contributed by atoms with Gasteiger partial charge in [-0.2, -0.15) is 9.97 Å². The molecular weight excluding hydrogens is 196 g/mol. The Labute approximate surface area is 84.9 Å². The van der Waals surface area contributed by atoms with E-state index >= 15 is 0 Å². The van der Waals surface area contributed by atoms with E-state index < -0.39 is 0 Å². The van der Waals surface area contributed by atoms with Gasteiger partial charge in [-0.3, -0.25) is 11.3 Å². The van der Waals surface area contributed by atoms with Gasteiger partial charge in [0.15, 0.2) is 17.0 Å². The fraction of sp³-hybridized carbons (Fsp3) is 0.143. The number of nitrogen functional groups attached to an aromatic ring is 2. The van der Waals surface area contributed by atoms with E-state index in [1.54, 1.807) is 6.20 Å². The zero-order valence-corrected chi connectivity index (χ0v) is 7.81. The lowest BCUT2D eigenvalue weighted by atomic mass is 10.4. The number of anilines is 2. The Morgan fingerprint density at radius 1 is 1.20 bits per heavy atom. The lowest BCUT2D eigenvalue weighted by Gasteiger charge is -2.03. The van der Waals surface area contributed by atoms with Crippen LogP contribution in [0.1, 0.15) is 5.69 Å². The predicted octanol–water partition coefficient (Wildman–Crippen LogP) is -1.45. The molecule has 0 saturated carbocycles. The van der Waals surface area contributed by atoms with Crippen LogP contribution in [0.4, 0.5) is 11.8 Å². The Bertz CT molecular complexity index is 496. The fourth-order valence-corrected chi connectivity index (χ4v) is 1.17. The molecule has 0 atom stereocenters. The molecule has 0 fully saturated rings. The molecule has 15 heavy (non-hydrogen) atoms. The van der Waals surface area contributed by atoms with Crippen LogP contribution in [-0.2, 0) is 6.54 Å². The maximum absolute atomic E-state index is 5.64. The van der Waals surface area contributed by atoms with E-state index in [0.29, 0.717) is 23.4 Å². The minimum absolute atomic E-state index is 0.0824. The first-order chi connectivity index (χ1) is 7.20. The van der Waals surface area contributed by atoms with Crippen LogP contribution in [0.15, 0.2) is 6.20 Å². The Kier molecular flexibility index (Phi) is 2.27. The molecule has 0 bridgehead atoms. The van der Waals surface area contributed by atoms with Gasteiger partial charge in [0.1, 0.15) is 0 Å². The van der Waals surface area contributed by atoms with Gasteiger partial charge in [0.05, 0.1) is 18.4 Å². The molecule has 0 amide bonds. The molecule has 0 aliphatic carbocycles. The molecule has 7 N–H and O–H groups in total. The summed E-state index contributed by atoms with van der Waals surface area (Å²) >= 11 is 0. The Hall–Kier alpha value is -2.06. The van der Waals surface area contributed by atoms with Crippen LogP contribution in [0.3, 0.4) is 0 Å². The third kappa shape index (κ3) is 1.75. The van der Waals surface area contributed by atoms with Crippen LogP contribution in [-0.4, -0.2) is 19.9 Å². The van der Waals surface area contributed by atoms with Gasteiger partial charge in [-0.1, -0.05) is 0 Å². The Morgan fingerprint density at radius 2 is 2.00 bits per heavy atom. The monoisotopic (exact) mass is 206 g/mol.